The summed E-state index contributed by atoms with van der Waals surface area (Å²) in [6.45, 7) is 5.21. The van der Waals surface area contributed by atoms with E-state index in [4.69, 9.17) is 0 Å². The van der Waals surface area contributed by atoms with Crippen LogP contribution in [0.4, 0.5) is 0 Å². The van der Waals surface area contributed by atoms with E-state index in [2.05, 4.69) is 13.8 Å². The molecule has 7 atom stereocenters. The van der Waals surface area contributed by atoms with E-state index in [1.807, 2.05) is 0 Å². The van der Waals surface area contributed by atoms with Gasteiger partial charge in [-0.15, -0.1) is 0 Å². The Morgan fingerprint density at radius 2 is 1.68 bits per heavy atom. The summed E-state index contributed by atoms with van der Waals surface area (Å²) in [6, 6.07) is 0. The van der Waals surface area contributed by atoms with Crippen LogP contribution in [0.15, 0.2) is 0 Å². The normalized spacial score (nSPS) is 54.2. The molecular weight excluding hydrogens is 268 g/mol. The highest BCUT2D eigenvalue weighted by Crippen LogP contribution is 2.67. The number of hydrogen-bond acceptors (Lipinski definition) is 1. The largest absolute Gasteiger partial charge is 0.303 e. The molecule has 0 aliphatic heterocycles. The van der Waals surface area contributed by atoms with Gasteiger partial charge in [0.2, 0.25) is 0 Å². The van der Waals surface area contributed by atoms with Crippen molar-refractivity contribution in [1.82, 2.24) is 0 Å². The summed E-state index contributed by atoms with van der Waals surface area (Å²) in [5.41, 5.74) is 1.14. The van der Waals surface area contributed by atoms with Crippen molar-refractivity contribution in [1.29, 1.82) is 0 Å². The van der Waals surface area contributed by atoms with E-state index < -0.39 is 0 Å². The summed E-state index contributed by atoms with van der Waals surface area (Å²) in [4.78, 5) is 11.1. The number of fused-ring (bicyclic) bond motifs is 5. The molecule has 0 spiro atoms. The lowest BCUT2D eigenvalue weighted by molar-refractivity contribution is -0.117. The molecule has 0 radical (unpaired) electrons. The molecule has 7 unspecified atom stereocenters. The van der Waals surface area contributed by atoms with E-state index in [-0.39, 0.29) is 0 Å². The lowest BCUT2D eigenvalue weighted by Crippen LogP contribution is -2.52. The van der Waals surface area contributed by atoms with Crippen LogP contribution in [0.25, 0.3) is 0 Å². The minimum atomic E-state index is 0.486. The molecule has 4 saturated carbocycles. The van der Waals surface area contributed by atoms with Gasteiger partial charge in [0, 0.05) is 6.42 Å². The fourth-order valence-electron chi connectivity index (χ4n) is 7.91. The van der Waals surface area contributed by atoms with Gasteiger partial charge in [0.25, 0.3) is 0 Å². The van der Waals surface area contributed by atoms with Gasteiger partial charge in [0.15, 0.2) is 0 Å². The maximum atomic E-state index is 11.1. The van der Waals surface area contributed by atoms with Gasteiger partial charge < -0.3 is 4.79 Å². The first kappa shape index (κ1) is 15.2. The van der Waals surface area contributed by atoms with Gasteiger partial charge in [-0.2, -0.15) is 0 Å². The highest BCUT2D eigenvalue weighted by atomic mass is 16.1. The van der Waals surface area contributed by atoms with Crippen LogP contribution < -0.4 is 0 Å². The third-order valence-electron chi connectivity index (χ3n) is 9.16. The van der Waals surface area contributed by atoms with Gasteiger partial charge in [0.05, 0.1) is 0 Å². The van der Waals surface area contributed by atoms with Gasteiger partial charge >= 0.3 is 0 Å². The van der Waals surface area contributed by atoms with Crippen LogP contribution >= 0.6 is 0 Å². The van der Waals surface area contributed by atoms with Gasteiger partial charge in [-0.25, -0.2) is 0 Å². The maximum absolute atomic E-state index is 11.1. The van der Waals surface area contributed by atoms with E-state index >= 15 is 0 Å². The zero-order valence-corrected chi connectivity index (χ0v) is 14.7. The highest BCUT2D eigenvalue weighted by molar-refractivity contribution is 5.50. The molecule has 124 valence electrons. The van der Waals surface area contributed by atoms with Crippen molar-refractivity contribution in [2.24, 2.45) is 40.4 Å². The van der Waals surface area contributed by atoms with Crippen molar-refractivity contribution in [3.63, 3.8) is 0 Å². The third-order valence-corrected chi connectivity index (χ3v) is 9.16. The maximum Gasteiger partial charge on any atom is 0.120 e. The first-order chi connectivity index (χ1) is 10.6. The summed E-state index contributed by atoms with van der Waals surface area (Å²) in [5.74, 6) is 4.62. The quantitative estimate of drug-likeness (QED) is 0.605. The van der Waals surface area contributed by atoms with E-state index in [0.29, 0.717) is 16.7 Å². The first-order valence-corrected chi connectivity index (χ1v) is 10.0. The lowest BCUT2D eigenvalue weighted by atomic mass is 9.45. The molecule has 1 nitrogen and oxygen atoms in total. The van der Waals surface area contributed by atoms with Crippen molar-refractivity contribution in [3.8, 4) is 0 Å². The average Bonchev–Trinajstić information content (AvgIpc) is 2.84. The van der Waals surface area contributed by atoms with Crippen LogP contribution in [0.5, 0.6) is 0 Å². The predicted molar refractivity (Wildman–Crippen MR) is 90.5 cm³/mol. The lowest BCUT2D eigenvalue weighted by Gasteiger charge is -2.60. The molecule has 0 saturated heterocycles. The van der Waals surface area contributed by atoms with Crippen LogP contribution in [0.2, 0.25) is 0 Å². The van der Waals surface area contributed by atoms with Gasteiger partial charge in [-0.1, -0.05) is 26.7 Å². The second-order valence-electron chi connectivity index (χ2n) is 9.62. The van der Waals surface area contributed by atoms with Gasteiger partial charge in [-0.05, 0) is 91.8 Å². The van der Waals surface area contributed by atoms with Gasteiger partial charge in [0.1, 0.15) is 6.29 Å². The van der Waals surface area contributed by atoms with Crippen LogP contribution in [-0.4, -0.2) is 6.29 Å². The minimum absolute atomic E-state index is 0.486. The highest BCUT2D eigenvalue weighted by Gasteiger charge is 2.59. The molecule has 0 aromatic carbocycles. The Labute approximate surface area is 136 Å². The molecule has 0 bridgehead atoms. The fourth-order valence-corrected chi connectivity index (χ4v) is 7.91. The van der Waals surface area contributed by atoms with Crippen molar-refractivity contribution >= 4 is 6.29 Å². The zero-order valence-electron chi connectivity index (χ0n) is 14.7. The first-order valence-electron chi connectivity index (χ1n) is 10.0. The molecule has 4 aliphatic rings. The number of aldehydes is 1. The standard InChI is InChI=1S/C21H34O/c1-20-12-4-3-5-15(20)6-8-17-18-9-7-16(11-14-22)21(18,2)13-10-19(17)20/h14-19H,3-13H2,1-2H3. The molecule has 0 aromatic rings. The zero-order chi connectivity index (χ0) is 15.4. The molecule has 0 aromatic heterocycles. The van der Waals surface area contributed by atoms with Crippen molar-refractivity contribution in [3.05, 3.63) is 0 Å². The Balaban J connectivity index is 1.60. The van der Waals surface area contributed by atoms with Crippen molar-refractivity contribution < 1.29 is 4.79 Å². The Kier molecular flexibility index (Phi) is 3.70. The molecule has 4 aliphatic carbocycles. The molecule has 0 heterocycles. The van der Waals surface area contributed by atoms with Crippen LogP contribution in [0.1, 0.15) is 84.5 Å². The second-order valence-corrected chi connectivity index (χ2v) is 9.62. The fraction of sp³-hybridized carbons (Fsp3) is 0.952. The van der Waals surface area contributed by atoms with Crippen molar-refractivity contribution in [2.45, 2.75) is 84.5 Å². The molecule has 0 amide bonds. The van der Waals surface area contributed by atoms with Crippen LogP contribution in [-0.2, 0) is 4.79 Å². The van der Waals surface area contributed by atoms with Crippen molar-refractivity contribution in [2.75, 3.05) is 0 Å². The number of carbonyl (C=O) groups is 1. The van der Waals surface area contributed by atoms with Crippen LogP contribution in [0, 0.1) is 40.4 Å². The molecule has 22 heavy (non-hydrogen) atoms. The third kappa shape index (κ3) is 1.99. The summed E-state index contributed by atoms with van der Waals surface area (Å²) in [7, 11) is 0. The van der Waals surface area contributed by atoms with E-state index in [0.717, 1.165) is 30.1 Å². The summed E-state index contributed by atoms with van der Waals surface area (Å²) >= 11 is 0. The Bertz CT molecular complexity index is 443. The summed E-state index contributed by atoms with van der Waals surface area (Å²) in [6.07, 6.45) is 16.6. The Morgan fingerprint density at radius 3 is 2.50 bits per heavy atom. The molecule has 0 N–H and O–H groups in total. The van der Waals surface area contributed by atoms with E-state index in [1.54, 1.807) is 0 Å². The topological polar surface area (TPSA) is 17.1 Å². The number of carbonyl (C=O) groups excluding carboxylic acids is 1. The molecule has 4 rings (SSSR count). The smallest absolute Gasteiger partial charge is 0.120 e. The monoisotopic (exact) mass is 302 g/mol. The Hall–Kier alpha value is -0.330. The van der Waals surface area contributed by atoms with E-state index in [1.165, 1.54) is 70.5 Å². The van der Waals surface area contributed by atoms with Gasteiger partial charge in [-0.3, -0.25) is 0 Å². The van der Waals surface area contributed by atoms with E-state index in [9.17, 15) is 4.79 Å². The number of hydrogen-bond donors (Lipinski definition) is 0. The molecule has 1 heteroatoms. The summed E-state index contributed by atoms with van der Waals surface area (Å²) < 4.78 is 0. The average molecular weight is 303 g/mol. The Morgan fingerprint density at radius 1 is 0.864 bits per heavy atom. The minimum Gasteiger partial charge on any atom is -0.303 e. The predicted octanol–water partition coefficient (Wildman–Crippen LogP) is 5.62. The van der Waals surface area contributed by atoms with Crippen LogP contribution in [0.3, 0.4) is 0 Å². The number of rotatable bonds is 2. The summed E-state index contributed by atoms with van der Waals surface area (Å²) in [5, 5.41) is 0. The second kappa shape index (κ2) is 5.35. The molecule has 4 fully saturated rings. The SMILES string of the molecule is CC12CCC3C(CCC4CCCCC43C)C1CCC2CC=O. The molecular formula is C21H34O.